The van der Waals surface area contributed by atoms with Gasteiger partial charge in [0.2, 0.25) is 5.91 Å². The second-order valence-electron chi connectivity index (χ2n) is 4.48. The van der Waals surface area contributed by atoms with Crippen molar-refractivity contribution in [1.82, 2.24) is 4.90 Å². The average Bonchev–Trinajstić information content (AvgIpc) is 2.31. The van der Waals surface area contributed by atoms with Gasteiger partial charge < -0.3 is 10.6 Å². The maximum Gasteiger partial charge on any atom is 0.240 e. The third-order valence-corrected chi connectivity index (χ3v) is 3.22. The van der Waals surface area contributed by atoms with Gasteiger partial charge in [0.15, 0.2) is 0 Å². The van der Waals surface area contributed by atoms with Gasteiger partial charge in [-0.15, -0.1) is 0 Å². The minimum absolute atomic E-state index is 0.0857. The van der Waals surface area contributed by atoms with E-state index in [4.69, 9.17) is 5.73 Å². The van der Waals surface area contributed by atoms with E-state index >= 15 is 0 Å². The minimum Gasteiger partial charge on any atom is -0.334 e. The standard InChI is InChI=1S/C13H18N2O/c1-10-7-8-12(14)13(16)15(10)9-11-5-3-2-4-6-11/h2-6,10,12H,7-9,14H2,1H3. The molecule has 2 unspecified atom stereocenters. The molecule has 0 radical (unpaired) electrons. The molecule has 1 fully saturated rings. The summed E-state index contributed by atoms with van der Waals surface area (Å²) in [6.45, 7) is 2.77. The van der Waals surface area contributed by atoms with E-state index in [1.807, 2.05) is 35.2 Å². The zero-order valence-electron chi connectivity index (χ0n) is 9.60. The molecule has 3 nitrogen and oxygen atoms in total. The zero-order chi connectivity index (χ0) is 11.5. The van der Waals surface area contributed by atoms with Gasteiger partial charge in [0, 0.05) is 12.6 Å². The van der Waals surface area contributed by atoms with E-state index in [2.05, 4.69) is 6.92 Å². The smallest absolute Gasteiger partial charge is 0.240 e. The van der Waals surface area contributed by atoms with Crippen LogP contribution in [-0.4, -0.2) is 22.9 Å². The van der Waals surface area contributed by atoms with Crippen LogP contribution >= 0.6 is 0 Å². The molecule has 0 spiro atoms. The van der Waals surface area contributed by atoms with Gasteiger partial charge in [-0.1, -0.05) is 30.3 Å². The van der Waals surface area contributed by atoms with E-state index < -0.39 is 0 Å². The number of rotatable bonds is 2. The molecule has 0 saturated carbocycles. The Hall–Kier alpha value is -1.35. The second kappa shape index (κ2) is 4.66. The van der Waals surface area contributed by atoms with Crippen molar-refractivity contribution in [1.29, 1.82) is 0 Å². The first-order chi connectivity index (χ1) is 7.68. The normalized spacial score (nSPS) is 25.9. The number of nitrogens with zero attached hydrogens (tertiary/aromatic N) is 1. The molecule has 1 saturated heterocycles. The van der Waals surface area contributed by atoms with Crippen LogP contribution in [0.25, 0.3) is 0 Å². The number of carbonyl (C=O) groups is 1. The summed E-state index contributed by atoms with van der Waals surface area (Å²) in [6.07, 6.45) is 1.81. The number of benzene rings is 1. The monoisotopic (exact) mass is 218 g/mol. The molecule has 1 aliphatic rings. The molecule has 1 aromatic rings. The van der Waals surface area contributed by atoms with Gasteiger partial charge in [0.1, 0.15) is 0 Å². The molecule has 0 bridgehead atoms. The summed E-state index contributed by atoms with van der Waals surface area (Å²) in [5.74, 6) is 0.0857. The minimum atomic E-state index is -0.306. The van der Waals surface area contributed by atoms with Crippen molar-refractivity contribution in [3.05, 3.63) is 35.9 Å². The Kier molecular flexibility index (Phi) is 3.25. The van der Waals surface area contributed by atoms with Gasteiger partial charge in [-0.3, -0.25) is 4.79 Å². The molecule has 0 aromatic heterocycles. The quantitative estimate of drug-likeness (QED) is 0.818. The SMILES string of the molecule is CC1CCC(N)C(=O)N1Cc1ccccc1. The summed E-state index contributed by atoms with van der Waals surface area (Å²) in [7, 11) is 0. The van der Waals surface area contributed by atoms with Gasteiger partial charge in [0.25, 0.3) is 0 Å². The van der Waals surface area contributed by atoms with Crippen LogP contribution in [0.5, 0.6) is 0 Å². The highest BCUT2D eigenvalue weighted by Gasteiger charge is 2.30. The lowest BCUT2D eigenvalue weighted by molar-refractivity contribution is -0.138. The molecule has 1 amide bonds. The molecular weight excluding hydrogens is 200 g/mol. The predicted octanol–water partition coefficient (Wildman–Crippen LogP) is 1.52. The highest BCUT2D eigenvalue weighted by molar-refractivity contribution is 5.82. The van der Waals surface area contributed by atoms with Crippen LogP contribution < -0.4 is 5.73 Å². The number of hydrogen-bond acceptors (Lipinski definition) is 2. The van der Waals surface area contributed by atoms with Crippen LogP contribution in [0, 0.1) is 0 Å². The summed E-state index contributed by atoms with van der Waals surface area (Å²) in [6, 6.07) is 10.0. The molecule has 0 aliphatic carbocycles. The highest BCUT2D eigenvalue weighted by Crippen LogP contribution is 2.19. The maximum atomic E-state index is 11.9. The number of hydrogen-bond donors (Lipinski definition) is 1. The molecule has 1 heterocycles. The lowest BCUT2D eigenvalue weighted by atomic mass is 9.98. The van der Waals surface area contributed by atoms with Gasteiger partial charge in [0.05, 0.1) is 6.04 Å². The molecule has 16 heavy (non-hydrogen) atoms. The van der Waals surface area contributed by atoms with Gasteiger partial charge in [-0.2, -0.15) is 0 Å². The Bertz CT molecular complexity index is 363. The van der Waals surface area contributed by atoms with E-state index in [1.54, 1.807) is 0 Å². The molecular formula is C13H18N2O. The third kappa shape index (κ3) is 2.25. The first kappa shape index (κ1) is 11.1. The van der Waals surface area contributed by atoms with Gasteiger partial charge in [-0.25, -0.2) is 0 Å². The molecule has 1 aromatic carbocycles. The van der Waals surface area contributed by atoms with Crippen molar-refractivity contribution in [2.45, 2.75) is 38.4 Å². The number of piperidine rings is 1. The Morgan fingerprint density at radius 3 is 2.69 bits per heavy atom. The lowest BCUT2D eigenvalue weighted by Gasteiger charge is -2.36. The Labute approximate surface area is 96.2 Å². The first-order valence-electron chi connectivity index (χ1n) is 5.78. The lowest BCUT2D eigenvalue weighted by Crippen LogP contribution is -2.51. The van der Waals surface area contributed by atoms with Gasteiger partial charge >= 0.3 is 0 Å². The van der Waals surface area contributed by atoms with E-state index in [0.717, 1.165) is 18.4 Å². The summed E-state index contributed by atoms with van der Waals surface area (Å²) in [5, 5.41) is 0. The van der Waals surface area contributed by atoms with Crippen LogP contribution in [0.4, 0.5) is 0 Å². The topological polar surface area (TPSA) is 46.3 Å². The van der Waals surface area contributed by atoms with Gasteiger partial charge in [-0.05, 0) is 25.3 Å². The Balaban J connectivity index is 2.10. The van der Waals surface area contributed by atoms with E-state index in [9.17, 15) is 4.79 Å². The summed E-state index contributed by atoms with van der Waals surface area (Å²) < 4.78 is 0. The fourth-order valence-corrected chi connectivity index (χ4v) is 2.14. The largest absolute Gasteiger partial charge is 0.334 e. The second-order valence-corrected chi connectivity index (χ2v) is 4.48. The van der Waals surface area contributed by atoms with E-state index in [1.165, 1.54) is 0 Å². The zero-order valence-corrected chi connectivity index (χ0v) is 9.60. The Morgan fingerprint density at radius 2 is 2.00 bits per heavy atom. The van der Waals surface area contributed by atoms with E-state index in [-0.39, 0.29) is 11.9 Å². The Morgan fingerprint density at radius 1 is 1.31 bits per heavy atom. The molecule has 2 atom stereocenters. The van der Waals surface area contributed by atoms with E-state index in [0.29, 0.717) is 12.6 Å². The van der Waals surface area contributed by atoms with Crippen LogP contribution in [0.1, 0.15) is 25.3 Å². The number of likely N-dealkylation sites (tertiary alicyclic amines) is 1. The van der Waals surface area contributed by atoms with Crippen molar-refractivity contribution >= 4 is 5.91 Å². The molecule has 2 rings (SSSR count). The summed E-state index contributed by atoms with van der Waals surface area (Å²) >= 11 is 0. The summed E-state index contributed by atoms with van der Waals surface area (Å²) in [5.41, 5.74) is 6.96. The molecule has 1 aliphatic heterocycles. The first-order valence-corrected chi connectivity index (χ1v) is 5.78. The van der Waals surface area contributed by atoms with Crippen LogP contribution in [0.2, 0.25) is 0 Å². The fraction of sp³-hybridized carbons (Fsp3) is 0.462. The van der Waals surface area contributed by atoms with Crippen molar-refractivity contribution in [2.24, 2.45) is 5.73 Å². The van der Waals surface area contributed by atoms with Crippen molar-refractivity contribution in [2.75, 3.05) is 0 Å². The third-order valence-electron chi connectivity index (χ3n) is 3.22. The fourth-order valence-electron chi connectivity index (χ4n) is 2.14. The maximum absolute atomic E-state index is 11.9. The molecule has 86 valence electrons. The highest BCUT2D eigenvalue weighted by atomic mass is 16.2. The van der Waals surface area contributed by atoms with Crippen LogP contribution in [-0.2, 0) is 11.3 Å². The molecule has 3 heteroatoms. The predicted molar refractivity (Wildman–Crippen MR) is 63.7 cm³/mol. The van der Waals surface area contributed by atoms with Crippen LogP contribution in [0.15, 0.2) is 30.3 Å². The summed E-state index contributed by atoms with van der Waals surface area (Å²) in [4.78, 5) is 13.8. The molecule has 2 N–H and O–H groups in total. The van der Waals surface area contributed by atoms with Crippen molar-refractivity contribution in [3.63, 3.8) is 0 Å². The average molecular weight is 218 g/mol. The van der Waals surface area contributed by atoms with Crippen molar-refractivity contribution < 1.29 is 4.79 Å². The number of nitrogens with two attached hydrogens (primary N) is 1. The van der Waals surface area contributed by atoms with Crippen molar-refractivity contribution in [3.8, 4) is 0 Å². The number of carbonyl (C=O) groups excluding carboxylic acids is 1. The number of amides is 1. The van der Waals surface area contributed by atoms with Crippen LogP contribution in [0.3, 0.4) is 0 Å².